The monoisotopic (exact) mass is 429 g/mol. The summed E-state index contributed by atoms with van der Waals surface area (Å²) in [4.78, 5) is 1.50. The van der Waals surface area contributed by atoms with Crippen molar-refractivity contribution in [2.75, 3.05) is 0 Å². The summed E-state index contributed by atoms with van der Waals surface area (Å²) in [5.41, 5.74) is 4.18. The lowest BCUT2D eigenvalue weighted by atomic mass is 9.72. The highest BCUT2D eigenvalue weighted by molar-refractivity contribution is 5.74. The van der Waals surface area contributed by atoms with Gasteiger partial charge in [-0.05, 0) is 71.7 Å². The Bertz CT molecular complexity index is 1230. The molecule has 5 nitrogen and oxygen atoms in total. The van der Waals surface area contributed by atoms with Gasteiger partial charge in [0.1, 0.15) is 22.5 Å². The summed E-state index contributed by atoms with van der Waals surface area (Å²) >= 11 is 0. The van der Waals surface area contributed by atoms with Crippen molar-refractivity contribution in [3.63, 3.8) is 0 Å². The highest BCUT2D eigenvalue weighted by Gasteiger charge is 2.30. The molecule has 0 aliphatic carbocycles. The van der Waals surface area contributed by atoms with Gasteiger partial charge < -0.3 is 9.84 Å². The topological polar surface area (TPSA) is 60.2 Å². The molecule has 3 aromatic carbocycles. The smallest absolute Gasteiger partial charge is 0.186 e. The zero-order valence-corrected chi connectivity index (χ0v) is 19.7. The summed E-state index contributed by atoms with van der Waals surface area (Å²) < 4.78 is 6.17. The molecule has 0 saturated carbocycles. The first kappa shape index (κ1) is 21.9. The number of benzene rings is 3. The Hall–Kier alpha value is -3.34. The van der Waals surface area contributed by atoms with E-state index in [2.05, 4.69) is 44.8 Å². The summed E-state index contributed by atoms with van der Waals surface area (Å²) in [6, 6.07) is 19.4. The van der Waals surface area contributed by atoms with Crippen molar-refractivity contribution in [2.24, 2.45) is 5.41 Å². The van der Waals surface area contributed by atoms with Crippen molar-refractivity contribution in [3.8, 4) is 22.9 Å². The number of rotatable bonds is 5. The molecule has 4 aromatic rings. The van der Waals surface area contributed by atoms with E-state index >= 15 is 0 Å². The molecule has 0 fully saturated rings. The van der Waals surface area contributed by atoms with E-state index in [-0.39, 0.29) is 16.6 Å². The lowest BCUT2D eigenvalue weighted by Crippen LogP contribution is -2.25. The molecule has 0 aliphatic rings. The van der Waals surface area contributed by atoms with Crippen LogP contribution in [0.15, 0.2) is 60.7 Å². The molecule has 0 aliphatic heterocycles. The van der Waals surface area contributed by atoms with Gasteiger partial charge in [-0.1, -0.05) is 58.9 Å². The number of aromatic hydroxyl groups is 1. The standard InChI is InChI=1S/C27H31N3O2/c1-18-10-9-11-20(14-18)32-24-16-19(27(5,6)17-26(2,3)4)15-23(25(24)31)30-28-21-12-7-8-13-22(21)29-30/h7-16,31H,17H2,1-6H3. The minimum atomic E-state index is -0.155. The number of hydrogen-bond donors (Lipinski definition) is 1. The van der Waals surface area contributed by atoms with Crippen LogP contribution in [0, 0.1) is 12.3 Å². The van der Waals surface area contributed by atoms with Gasteiger partial charge in [-0.2, -0.15) is 0 Å². The van der Waals surface area contributed by atoms with Gasteiger partial charge in [0, 0.05) is 0 Å². The van der Waals surface area contributed by atoms with Crippen LogP contribution in [0.1, 0.15) is 52.2 Å². The van der Waals surface area contributed by atoms with E-state index in [1.807, 2.05) is 67.6 Å². The molecule has 0 atom stereocenters. The average molecular weight is 430 g/mol. The first-order valence-corrected chi connectivity index (χ1v) is 11.0. The van der Waals surface area contributed by atoms with Gasteiger partial charge in [-0.25, -0.2) is 0 Å². The summed E-state index contributed by atoms with van der Waals surface area (Å²) in [5.74, 6) is 1.09. The van der Waals surface area contributed by atoms with Crippen LogP contribution >= 0.6 is 0 Å². The van der Waals surface area contributed by atoms with Gasteiger partial charge >= 0.3 is 0 Å². The Morgan fingerprint density at radius 1 is 0.875 bits per heavy atom. The second-order valence-electron chi connectivity index (χ2n) is 10.4. The molecule has 5 heteroatoms. The molecular formula is C27H31N3O2. The Morgan fingerprint density at radius 2 is 1.53 bits per heavy atom. The number of fused-ring (bicyclic) bond motifs is 1. The molecule has 0 saturated heterocycles. The van der Waals surface area contributed by atoms with Crippen molar-refractivity contribution in [3.05, 3.63) is 71.8 Å². The van der Waals surface area contributed by atoms with Crippen LogP contribution in [0.5, 0.6) is 17.2 Å². The average Bonchev–Trinajstić information content (AvgIpc) is 3.11. The zero-order chi connectivity index (χ0) is 23.1. The molecule has 4 rings (SSSR count). The van der Waals surface area contributed by atoms with E-state index in [0.717, 1.165) is 28.6 Å². The highest BCUT2D eigenvalue weighted by atomic mass is 16.5. The van der Waals surface area contributed by atoms with Crippen molar-refractivity contribution >= 4 is 11.0 Å². The van der Waals surface area contributed by atoms with Crippen LogP contribution in [0.25, 0.3) is 16.7 Å². The fourth-order valence-corrected chi connectivity index (χ4v) is 4.42. The van der Waals surface area contributed by atoms with Gasteiger partial charge in [-0.3, -0.25) is 0 Å². The van der Waals surface area contributed by atoms with Gasteiger partial charge in [0.2, 0.25) is 0 Å². The Labute approximate surface area is 189 Å². The van der Waals surface area contributed by atoms with Crippen molar-refractivity contribution in [2.45, 2.75) is 53.4 Å². The molecular weight excluding hydrogens is 398 g/mol. The fraction of sp³-hybridized carbons (Fsp3) is 0.333. The first-order chi connectivity index (χ1) is 15.0. The van der Waals surface area contributed by atoms with Gasteiger partial charge in [0.05, 0.1) is 0 Å². The van der Waals surface area contributed by atoms with E-state index in [4.69, 9.17) is 4.74 Å². The van der Waals surface area contributed by atoms with E-state index < -0.39 is 0 Å². The Balaban J connectivity index is 1.87. The zero-order valence-electron chi connectivity index (χ0n) is 19.7. The van der Waals surface area contributed by atoms with Crippen LogP contribution in [-0.4, -0.2) is 20.1 Å². The van der Waals surface area contributed by atoms with Gasteiger partial charge in [0.25, 0.3) is 0 Å². The number of aryl methyl sites for hydroxylation is 1. The fourth-order valence-electron chi connectivity index (χ4n) is 4.42. The second-order valence-corrected chi connectivity index (χ2v) is 10.4. The summed E-state index contributed by atoms with van der Waals surface area (Å²) in [6.07, 6.45) is 0.961. The number of nitrogens with zero attached hydrogens (tertiary/aromatic N) is 3. The van der Waals surface area contributed by atoms with E-state index in [0.29, 0.717) is 17.2 Å². The molecule has 1 heterocycles. The second kappa shape index (κ2) is 7.97. The molecule has 0 spiro atoms. The molecule has 1 aromatic heterocycles. The minimum absolute atomic E-state index is 0.0159. The third-order valence-electron chi connectivity index (χ3n) is 5.53. The largest absolute Gasteiger partial charge is 0.503 e. The predicted octanol–water partition coefficient (Wildman–Crippen LogP) is 6.94. The molecule has 0 unspecified atom stereocenters. The minimum Gasteiger partial charge on any atom is -0.503 e. The molecule has 0 amide bonds. The lowest BCUT2D eigenvalue weighted by molar-refractivity contribution is 0.283. The Morgan fingerprint density at radius 3 is 2.12 bits per heavy atom. The molecule has 0 radical (unpaired) electrons. The van der Waals surface area contributed by atoms with E-state index in [1.54, 1.807) is 0 Å². The first-order valence-electron chi connectivity index (χ1n) is 11.0. The van der Waals surface area contributed by atoms with Gasteiger partial charge in [0.15, 0.2) is 11.5 Å². The van der Waals surface area contributed by atoms with Crippen LogP contribution < -0.4 is 4.74 Å². The van der Waals surface area contributed by atoms with Crippen molar-refractivity contribution < 1.29 is 9.84 Å². The third kappa shape index (κ3) is 4.62. The van der Waals surface area contributed by atoms with Crippen LogP contribution in [0.2, 0.25) is 0 Å². The number of phenolic OH excluding ortho intramolecular Hbond substituents is 1. The quantitative estimate of drug-likeness (QED) is 0.373. The number of phenols is 1. The number of ether oxygens (including phenoxy) is 1. The maximum Gasteiger partial charge on any atom is 0.186 e. The number of aromatic nitrogens is 3. The van der Waals surface area contributed by atoms with Crippen molar-refractivity contribution in [1.29, 1.82) is 0 Å². The van der Waals surface area contributed by atoms with E-state index in [1.165, 1.54) is 4.80 Å². The maximum atomic E-state index is 11.2. The normalized spacial score (nSPS) is 12.3. The van der Waals surface area contributed by atoms with Gasteiger partial charge in [-0.15, -0.1) is 15.0 Å². The highest BCUT2D eigenvalue weighted by Crippen LogP contribution is 2.43. The van der Waals surface area contributed by atoms with Crippen LogP contribution in [0.3, 0.4) is 0 Å². The lowest BCUT2D eigenvalue weighted by Gasteiger charge is -2.33. The molecule has 32 heavy (non-hydrogen) atoms. The maximum absolute atomic E-state index is 11.2. The molecule has 166 valence electrons. The molecule has 1 N–H and O–H groups in total. The van der Waals surface area contributed by atoms with Crippen LogP contribution in [0.4, 0.5) is 0 Å². The number of hydrogen-bond acceptors (Lipinski definition) is 4. The Kier molecular flexibility index (Phi) is 5.45. The summed E-state index contributed by atoms with van der Waals surface area (Å²) in [7, 11) is 0. The summed E-state index contributed by atoms with van der Waals surface area (Å²) in [5, 5.41) is 20.4. The molecule has 0 bridgehead atoms. The van der Waals surface area contributed by atoms with E-state index in [9.17, 15) is 5.11 Å². The van der Waals surface area contributed by atoms with Crippen molar-refractivity contribution in [1.82, 2.24) is 15.0 Å². The third-order valence-corrected chi connectivity index (χ3v) is 5.53. The van der Waals surface area contributed by atoms with Crippen LogP contribution in [-0.2, 0) is 5.41 Å². The SMILES string of the molecule is Cc1cccc(Oc2cc(C(C)(C)CC(C)(C)C)cc(-n3nc4ccccc4n3)c2O)c1. The predicted molar refractivity (Wildman–Crippen MR) is 129 cm³/mol. The summed E-state index contributed by atoms with van der Waals surface area (Å²) in [6.45, 7) is 13.2.